The number of imidazole rings is 1. The van der Waals surface area contributed by atoms with Gasteiger partial charge in [0.1, 0.15) is 28.4 Å². The molecular weight excluding hydrogens is 386 g/mol. The lowest BCUT2D eigenvalue weighted by Gasteiger charge is -2.07. The maximum Gasteiger partial charge on any atom is 0.145 e. The van der Waals surface area contributed by atoms with E-state index in [0.29, 0.717) is 17.3 Å². The van der Waals surface area contributed by atoms with Crippen molar-refractivity contribution in [3.8, 4) is 28.8 Å². The van der Waals surface area contributed by atoms with Crippen molar-refractivity contribution in [1.82, 2.24) is 19.4 Å². The van der Waals surface area contributed by atoms with Gasteiger partial charge in [-0.15, -0.1) is 0 Å². The number of ether oxygens (including phenoxy) is 1. The first-order valence-corrected chi connectivity index (χ1v) is 9.80. The van der Waals surface area contributed by atoms with Crippen molar-refractivity contribution < 1.29 is 4.74 Å². The highest BCUT2D eigenvalue weighted by Crippen LogP contribution is 2.29. The second-order valence-corrected chi connectivity index (χ2v) is 7.07. The predicted octanol–water partition coefficient (Wildman–Crippen LogP) is 4.24. The molecule has 0 radical (unpaired) electrons. The van der Waals surface area contributed by atoms with Gasteiger partial charge in [0.2, 0.25) is 0 Å². The molecule has 31 heavy (non-hydrogen) atoms. The number of aryl methyl sites for hydroxylation is 1. The van der Waals surface area contributed by atoms with Crippen LogP contribution in [0.25, 0.3) is 27.8 Å². The number of methoxy groups -OCH3 is 1. The smallest absolute Gasteiger partial charge is 0.145 e. The summed E-state index contributed by atoms with van der Waals surface area (Å²) in [5, 5.41) is 0.922. The Balaban J connectivity index is 1.70. The van der Waals surface area contributed by atoms with Crippen LogP contribution in [0.1, 0.15) is 17.0 Å². The summed E-state index contributed by atoms with van der Waals surface area (Å²) in [7, 11) is 1.63. The molecule has 0 amide bonds. The van der Waals surface area contributed by atoms with Crippen LogP contribution in [0.3, 0.4) is 0 Å². The lowest BCUT2D eigenvalue weighted by Crippen LogP contribution is -1.98. The van der Waals surface area contributed by atoms with E-state index in [1.54, 1.807) is 19.4 Å². The molecule has 0 unspecified atom stereocenters. The van der Waals surface area contributed by atoms with Crippen LogP contribution in [0.2, 0.25) is 0 Å². The average molecular weight is 405 g/mol. The van der Waals surface area contributed by atoms with Gasteiger partial charge in [0.05, 0.1) is 18.5 Å². The largest absolute Gasteiger partial charge is 0.494 e. The minimum absolute atomic E-state index is 0.417. The van der Waals surface area contributed by atoms with Crippen molar-refractivity contribution in [3.05, 3.63) is 83.9 Å². The number of nitrogen functional groups attached to an aromatic ring is 1. The third kappa shape index (κ3) is 3.22. The fourth-order valence-electron chi connectivity index (χ4n) is 3.75. The fourth-order valence-corrected chi connectivity index (χ4v) is 3.75. The summed E-state index contributed by atoms with van der Waals surface area (Å²) in [6.07, 6.45) is 3.73. The molecule has 6 nitrogen and oxygen atoms in total. The normalized spacial score (nSPS) is 10.8. The molecule has 5 aromatic rings. The number of rotatable bonds is 2. The molecule has 0 bridgehead atoms. The molecule has 0 atom stereocenters. The number of pyridine rings is 3. The molecule has 2 N–H and O–H groups in total. The quantitative estimate of drug-likeness (QED) is 0.445. The monoisotopic (exact) mass is 405 g/mol. The highest BCUT2D eigenvalue weighted by molar-refractivity contribution is 5.90. The van der Waals surface area contributed by atoms with Crippen molar-refractivity contribution >= 4 is 22.4 Å². The molecule has 0 aliphatic carbocycles. The van der Waals surface area contributed by atoms with Gasteiger partial charge < -0.3 is 10.5 Å². The topological polar surface area (TPSA) is 78.3 Å². The van der Waals surface area contributed by atoms with Crippen molar-refractivity contribution in [1.29, 1.82) is 0 Å². The van der Waals surface area contributed by atoms with Crippen LogP contribution in [0, 0.1) is 18.8 Å². The standard InChI is InChI=1S/C25H19N5O/c1-16-25(30-15-4-3-7-23(30)28-16)19-10-13-22(26)29-20(19)11-8-17-9-12-21(31-2)24-18(17)6-5-14-27-24/h3-7,9-10,12-15H,1-2H3,(H2,26,29). The zero-order valence-electron chi connectivity index (χ0n) is 17.1. The van der Waals surface area contributed by atoms with Crippen molar-refractivity contribution in [2.45, 2.75) is 6.92 Å². The van der Waals surface area contributed by atoms with E-state index in [0.717, 1.165) is 39.1 Å². The number of benzene rings is 1. The van der Waals surface area contributed by atoms with Gasteiger partial charge in [-0.25, -0.2) is 9.97 Å². The van der Waals surface area contributed by atoms with Crippen LogP contribution in [0.5, 0.6) is 5.75 Å². The van der Waals surface area contributed by atoms with Crippen molar-refractivity contribution in [2.24, 2.45) is 0 Å². The first kappa shape index (κ1) is 18.6. The molecule has 4 aromatic heterocycles. The second-order valence-electron chi connectivity index (χ2n) is 7.07. The molecule has 0 saturated heterocycles. The van der Waals surface area contributed by atoms with Crippen LogP contribution in [-0.4, -0.2) is 26.5 Å². The van der Waals surface area contributed by atoms with E-state index in [-0.39, 0.29) is 0 Å². The van der Waals surface area contributed by atoms with Gasteiger partial charge in [-0.05, 0) is 61.4 Å². The van der Waals surface area contributed by atoms with Gasteiger partial charge in [0.15, 0.2) is 0 Å². The Bertz CT molecular complexity index is 1510. The van der Waals surface area contributed by atoms with Crippen LogP contribution in [-0.2, 0) is 0 Å². The molecular formula is C25H19N5O. The molecule has 0 saturated carbocycles. The van der Waals surface area contributed by atoms with E-state index >= 15 is 0 Å². The maximum absolute atomic E-state index is 6.00. The lowest BCUT2D eigenvalue weighted by molar-refractivity contribution is 0.419. The van der Waals surface area contributed by atoms with Gasteiger partial charge >= 0.3 is 0 Å². The Kier molecular flexibility index (Phi) is 4.49. The Hall–Kier alpha value is -4.37. The Morgan fingerprint density at radius 1 is 0.968 bits per heavy atom. The first-order valence-electron chi connectivity index (χ1n) is 9.80. The van der Waals surface area contributed by atoms with E-state index in [1.807, 2.05) is 66.1 Å². The molecule has 0 aliphatic heterocycles. The summed E-state index contributed by atoms with van der Waals surface area (Å²) in [5.74, 6) is 7.62. The zero-order valence-corrected chi connectivity index (χ0v) is 17.1. The summed E-state index contributed by atoms with van der Waals surface area (Å²) >= 11 is 0. The van der Waals surface area contributed by atoms with Crippen LogP contribution in [0.4, 0.5) is 5.82 Å². The zero-order chi connectivity index (χ0) is 21.4. The maximum atomic E-state index is 6.00. The third-order valence-corrected chi connectivity index (χ3v) is 5.14. The first-order chi connectivity index (χ1) is 15.2. The van der Waals surface area contributed by atoms with E-state index in [4.69, 9.17) is 10.5 Å². The molecule has 5 rings (SSSR count). The minimum atomic E-state index is 0.417. The molecule has 4 heterocycles. The lowest BCUT2D eigenvalue weighted by atomic mass is 10.1. The summed E-state index contributed by atoms with van der Waals surface area (Å²) in [4.78, 5) is 13.6. The van der Waals surface area contributed by atoms with E-state index in [9.17, 15) is 0 Å². The SMILES string of the molecule is COc1ccc(C#Cc2nc(N)ccc2-c2c(C)nc3ccccn23)c2cccnc12. The van der Waals surface area contributed by atoms with Gasteiger partial charge in [-0.2, -0.15) is 0 Å². The number of nitrogens with zero attached hydrogens (tertiary/aromatic N) is 4. The highest BCUT2D eigenvalue weighted by atomic mass is 16.5. The van der Waals surface area contributed by atoms with E-state index in [2.05, 4.69) is 26.8 Å². The Morgan fingerprint density at radius 3 is 2.74 bits per heavy atom. The van der Waals surface area contributed by atoms with Gasteiger partial charge in [0.25, 0.3) is 0 Å². The summed E-state index contributed by atoms with van der Waals surface area (Å²) < 4.78 is 7.48. The molecule has 6 heteroatoms. The van der Waals surface area contributed by atoms with Crippen molar-refractivity contribution in [2.75, 3.05) is 12.8 Å². The molecule has 0 aliphatic rings. The number of fused-ring (bicyclic) bond motifs is 2. The highest BCUT2D eigenvalue weighted by Gasteiger charge is 2.15. The van der Waals surface area contributed by atoms with Crippen LogP contribution >= 0.6 is 0 Å². The van der Waals surface area contributed by atoms with Crippen LogP contribution < -0.4 is 10.5 Å². The average Bonchev–Trinajstić information content (AvgIpc) is 3.13. The van der Waals surface area contributed by atoms with Gasteiger partial charge in [-0.1, -0.05) is 12.0 Å². The minimum Gasteiger partial charge on any atom is -0.494 e. The van der Waals surface area contributed by atoms with Crippen LogP contribution in [0.15, 0.2) is 67.0 Å². The summed E-state index contributed by atoms with van der Waals surface area (Å²) in [6, 6.07) is 17.3. The van der Waals surface area contributed by atoms with Gasteiger partial charge in [-0.3, -0.25) is 9.38 Å². The third-order valence-electron chi connectivity index (χ3n) is 5.14. The summed E-state index contributed by atoms with van der Waals surface area (Å²) in [5.41, 5.74) is 11.8. The number of hydrogen-bond acceptors (Lipinski definition) is 5. The molecule has 0 fully saturated rings. The predicted molar refractivity (Wildman–Crippen MR) is 122 cm³/mol. The second kappa shape index (κ2) is 7.47. The van der Waals surface area contributed by atoms with Gasteiger partial charge in [0, 0.05) is 28.9 Å². The fraction of sp³-hybridized carbons (Fsp3) is 0.0800. The number of anilines is 1. The molecule has 1 aromatic carbocycles. The summed E-state index contributed by atoms with van der Waals surface area (Å²) in [6.45, 7) is 1.98. The Labute approximate surface area is 179 Å². The number of hydrogen-bond donors (Lipinski definition) is 1. The number of nitrogens with two attached hydrogens (primary N) is 1. The van der Waals surface area contributed by atoms with E-state index < -0.39 is 0 Å². The van der Waals surface area contributed by atoms with E-state index in [1.165, 1.54) is 0 Å². The molecule has 150 valence electrons. The van der Waals surface area contributed by atoms with Crippen molar-refractivity contribution in [3.63, 3.8) is 0 Å². The Morgan fingerprint density at radius 2 is 1.87 bits per heavy atom. The number of aromatic nitrogens is 4. The molecule has 0 spiro atoms.